The fourth-order valence-corrected chi connectivity index (χ4v) is 0.608. The summed E-state index contributed by atoms with van der Waals surface area (Å²) in [5, 5.41) is 9.10. The zero-order valence-corrected chi connectivity index (χ0v) is 7.28. The van der Waals surface area contributed by atoms with E-state index in [0.717, 1.165) is 0 Å². The van der Waals surface area contributed by atoms with E-state index in [1.54, 1.807) is 26.4 Å². The number of methoxy groups -OCH3 is 2. The summed E-state index contributed by atoms with van der Waals surface area (Å²) in [4.78, 5) is 0. The topological polar surface area (TPSA) is 38.7 Å². The Morgan fingerprint density at radius 3 is 2.18 bits per heavy atom. The molecule has 1 unspecified atom stereocenters. The second kappa shape index (κ2) is 6.34. The Morgan fingerprint density at radius 2 is 1.82 bits per heavy atom. The molecule has 0 aliphatic heterocycles. The van der Waals surface area contributed by atoms with Crippen molar-refractivity contribution < 1.29 is 14.6 Å². The molecule has 11 heavy (non-hydrogen) atoms. The minimum Gasteiger partial charge on any atom is -0.389 e. The van der Waals surface area contributed by atoms with Gasteiger partial charge in [0.1, 0.15) is 0 Å². The summed E-state index contributed by atoms with van der Waals surface area (Å²) in [5.74, 6) is 0. The molecule has 0 amide bonds. The van der Waals surface area contributed by atoms with E-state index in [1.807, 2.05) is 6.92 Å². The van der Waals surface area contributed by atoms with Crippen molar-refractivity contribution in [2.45, 2.75) is 25.7 Å². The normalized spacial score (nSPS) is 14.6. The van der Waals surface area contributed by atoms with E-state index in [1.165, 1.54) is 0 Å². The summed E-state index contributed by atoms with van der Waals surface area (Å²) in [6, 6.07) is 0. The van der Waals surface area contributed by atoms with Crippen molar-refractivity contribution in [2.24, 2.45) is 0 Å². The molecule has 0 aromatic heterocycles. The van der Waals surface area contributed by atoms with E-state index in [4.69, 9.17) is 14.6 Å². The van der Waals surface area contributed by atoms with Crippen molar-refractivity contribution >= 4 is 0 Å². The van der Waals surface area contributed by atoms with Crippen molar-refractivity contribution in [3.05, 3.63) is 12.2 Å². The lowest BCUT2D eigenvalue weighted by atomic mass is 10.2. The lowest BCUT2D eigenvalue weighted by Gasteiger charge is -2.08. The maximum atomic E-state index is 9.10. The monoisotopic (exact) mass is 160 g/mol. The second-order valence-corrected chi connectivity index (χ2v) is 2.20. The van der Waals surface area contributed by atoms with E-state index in [9.17, 15) is 0 Å². The van der Waals surface area contributed by atoms with Crippen molar-refractivity contribution in [2.75, 3.05) is 14.2 Å². The van der Waals surface area contributed by atoms with Crippen LogP contribution in [0.2, 0.25) is 0 Å². The van der Waals surface area contributed by atoms with Gasteiger partial charge in [-0.3, -0.25) is 0 Å². The molecule has 0 aromatic carbocycles. The fraction of sp³-hybridized carbons (Fsp3) is 0.750. The van der Waals surface area contributed by atoms with Crippen molar-refractivity contribution in [3.63, 3.8) is 0 Å². The summed E-state index contributed by atoms with van der Waals surface area (Å²) < 4.78 is 9.75. The number of aliphatic hydroxyl groups excluding tert-OH is 1. The standard InChI is InChI=1S/C8H16O3/c1-4-7(9)5-6-8(10-2)11-3/h5-9H,4H2,1-3H3/b6-5+. The van der Waals surface area contributed by atoms with Gasteiger partial charge < -0.3 is 14.6 Å². The molecule has 3 heteroatoms. The Morgan fingerprint density at radius 1 is 1.27 bits per heavy atom. The van der Waals surface area contributed by atoms with Gasteiger partial charge in [-0.1, -0.05) is 13.0 Å². The van der Waals surface area contributed by atoms with Crippen molar-refractivity contribution in [1.82, 2.24) is 0 Å². The zero-order valence-electron chi connectivity index (χ0n) is 7.28. The Bertz CT molecular complexity index is 108. The molecule has 0 aliphatic carbocycles. The van der Waals surface area contributed by atoms with Gasteiger partial charge in [0.25, 0.3) is 0 Å². The molecule has 0 bridgehead atoms. The number of aliphatic hydroxyl groups is 1. The van der Waals surface area contributed by atoms with E-state index < -0.39 is 6.10 Å². The molecule has 66 valence electrons. The van der Waals surface area contributed by atoms with Crippen LogP contribution >= 0.6 is 0 Å². The van der Waals surface area contributed by atoms with Gasteiger partial charge in [0.05, 0.1) is 6.10 Å². The van der Waals surface area contributed by atoms with Crippen LogP contribution in [0.5, 0.6) is 0 Å². The van der Waals surface area contributed by atoms with Crippen LogP contribution in [-0.4, -0.2) is 31.7 Å². The average molecular weight is 160 g/mol. The first-order valence-electron chi connectivity index (χ1n) is 3.66. The van der Waals surface area contributed by atoms with E-state index in [-0.39, 0.29) is 6.29 Å². The van der Waals surface area contributed by atoms with Crippen molar-refractivity contribution in [3.8, 4) is 0 Å². The van der Waals surface area contributed by atoms with Crippen LogP contribution in [0.4, 0.5) is 0 Å². The fourth-order valence-electron chi connectivity index (χ4n) is 0.608. The number of ether oxygens (including phenoxy) is 2. The van der Waals surface area contributed by atoms with Gasteiger partial charge in [-0.15, -0.1) is 0 Å². The van der Waals surface area contributed by atoms with Crippen LogP contribution in [0.1, 0.15) is 13.3 Å². The summed E-state index contributed by atoms with van der Waals surface area (Å²) in [6.07, 6.45) is 3.31. The van der Waals surface area contributed by atoms with Crippen LogP contribution in [0, 0.1) is 0 Å². The third-order valence-corrected chi connectivity index (χ3v) is 1.37. The first-order valence-corrected chi connectivity index (χ1v) is 3.66. The molecule has 0 aliphatic rings. The molecule has 0 fully saturated rings. The van der Waals surface area contributed by atoms with E-state index >= 15 is 0 Å². The second-order valence-electron chi connectivity index (χ2n) is 2.20. The summed E-state index contributed by atoms with van der Waals surface area (Å²) in [5.41, 5.74) is 0. The molecule has 0 saturated carbocycles. The molecule has 0 spiro atoms. The lowest BCUT2D eigenvalue weighted by Crippen LogP contribution is -2.10. The summed E-state index contributed by atoms with van der Waals surface area (Å²) in [7, 11) is 3.10. The smallest absolute Gasteiger partial charge is 0.176 e. The third-order valence-electron chi connectivity index (χ3n) is 1.37. The molecular formula is C8H16O3. The highest BCUT2D eigenvalue weighted by atomic mass is 16.7. The molecule has 0 heterocycles. The largest absolute Gasteiger partial charge is 0.389 e. The van der Waals surface area contributed by atoms with Gasteiger partial charge in [0.15, 0.2) is 6.29 Å². The van der Waals surface area contributed by atoms with Gasteiger partial charge in [0.2, 0.25) is 0 Å². The average Bonchev–Trinajstić information content (AvgIpc) is 2.06. The number of hydrogen-bond acceptors (Lipinski definition) is 3. The zero-order chi connectivity index (χ0) is 8.69. The van der Waals surface area contributed by atoms with Gasteiger partial charge in [-0.2, -0.15) is 0 Å². The predicted octanol–water partition coefficient (Wildman–Crippen LogP) is 0.932. The summed E-state index contributed by atoms with van der Waals surface area (Å²) >= 11 is 0. The summed E-state index contributed by atoms with van der Waals surface area (Å²) in [6.45, 7) is 1.91. The van der Waals surface area contributed by atoms with Crippen LogP contribution in [0.3, 0.4) is 0 Å². The maximum Gasteiger partial charge on any atom is 0.176 e. The van der Waals surface area contributed by atoms with Crippen LogP contribution < -0.4 is 0 Å². The Hall–Kier alpha value is -0.380. The first-order chi connectivity index (χ1) is 5.24. The maximum absolute atomic E-state index is 9.10. The number of hydrogen-bond donors (Lipinski definition) is 1. The predicted molar refractivity (Wildman–Crippen MR) is 43.2 cm³/mol. The van der Waals surface area contributed by atoms with E-state index in [2.05, 4.69) is 0 Å². The first kappa shape index (κ1) is 10.6. The Kier molecular flexibility index (Phi) is 6.12. The van der Waals surface area contributed by atoms with Crippen LogP contribution in [0.25, 0.3) is 0 Å². The highest BCUT2D eigenvalue weighted by Gasteiger charge is 1.99. The van der Waals surface area contributed by atoms with Crippen LogP contribution in [-0.2, 0) is 9.47 Å². The molecule has 3 nitrogen and oxygen atoms in total. The van der Waals surface area contributed by atoms with Gasteiger partial charge in [-0.05, 0) is 12.5 Å². The molecule has 1 atom stereocenters. The SMILES string of the molecule is CCC(O)/C=C/C(OC)OC. The van der Waals surface area contributed by atoms with Crippen LogP contribution in [0.15, 0.2) is 12.2 Å². The highest BCUT2D eigenvalue weighted by molar-refractivity contribution is 4.90. The lowest BCUT2D eigenvalue weighted by molar-refractivity contribution is -0.0671. The van der Waals surface area contributed by atoms with Gasteiger partial charge >= 0.3 is 0 Å². The van der Waals surface area contributed by atoms with Crippen molar-refractivity contribution in [1.29, 1.82) is 0 Å². The molecule has 1 N–H and O–H groups in total. The third kappa shape index (κ3) is 4.95. The highest BCUT2D eigenvalue weighted by Crippen LogP contribution is 1.97. The minimum atomic E-state index is -0.400. The van der Waals surface area contributed by atoms with Gasteiger partial charge in [0, 0.05) is 14.2 Å². The Labute approximate surface area is 67.6 Å². The molecule has 0 radical (unpaired) electrons. The molecule has 0 saturated heterocycles. The molecular weight excluding hydrogens is 144 g/mol. The quantitative estimate of drug-likeness (QED) is 0.480. The Balaban J connectivity index is 3.68. The molecule has 0 aromatic rings. The number of rotatable bonds is 5. The van der Waals surface area contributed by atoms with Gasteiger partial charge in [-0.25, -0.2) is 0 Å². The minimum absolute atomic E-state index is 0.351. The van der Waals surface area contributed by atoms with E-state index in [0.29, 0.717) is 6.42 Å². The molecule has 0 rings (SSSR count).